The van der Waals surface area contributed by atoms with Crippen molar-refractivity contribution in [2.24, 2.45) is 0 Å². The molecule has 4 aromatic carbocycles. The van der Waals surface area contributed by atoms with E-state index in [1.165, 1.54) is 38.5 Å². The normalized spacial score (nSPS) is 12.4. The lowest BCUT2D eigenvalue weighted by Crippen LogP contribution is -2.54. The molecule has 0 spiro atoms. The van der Waals surface area contributed by atoms with E-state index in [1.807, 2.05) is 91.0 Å². The largest absolute Gasteiger partial charge is 0.469 e. The summed E-state index contributed by atoms with van der Waals surface area (Å²) in [5, 5.41) is 14.2. The van der Waals surface area contributed by atoms with Gasteiger partial charge in [0.05, 0.1) is 25.6 Å². The van der Waals surface area contributed by atoms with Gasteiger partial charge in [-0.3, -0.25) is 19.7 Å². The maximum atomic E-state index is 14.8. The molecule has 0 aliphatic carbocycles. The number of rotatable bonds is 11. The second kappa shape index (κ2) is 13.4. The number of nitro groups is 1. The lowest BCUT2D eigenvalue weighted by atomic mass is 9.68. The third-order valence-corrected chi connectivity index (χ3v) is 7.25. The number of amides is 1. The van der Waals surface area contributed by atoms with E-state index >= 15 is 0 Å². The Bertz CT molecular complexity index is 1430. The summed E-state index contributed by atoms with van der Waals surface area (Å²) >= 11 is 0. The number of nitrogens with one attached hydrogen (secondary N) is 1. The van der Waals surface area contributed by atoms with Crippen molar-refractivity contribution >= 4 is 23.5 Å². The zero-order chi connectivity index (χ0) is 30.1. The monoisotopic (exact) mass is 566 g/mol. The van der Waals surface area contributed by atoms with Crippen LogP contribution in [-0.2, 0) is 29.3 Å². The van der Waals surface area contributed by atoms with Crippen molar-refractivity contribution in [2.45, 2.75) is 23.8 Å². The maximum absolute atomic E-state index is 14.8. The van der Waals surface area contributed by atoms with Gasteiger partial charge in [0.1, 0.15) is 11.5 Å². The van der Waals surface area contributed by atoms with Crippen molar-refractivity contribution < 1.29 is 28.8 Å². The van der Waals surface area contributed by atoms with Crippen LogP contribution in [-0.4, -0.2) is 43.0 Å². The fourth-order valence-electron chi connectivity index (χ4n) is 5.19. The maximum Gasteiger partial charge on any atom is 0.329 e. The summed E-state index contributed by atoms with van der Waals surface area (Å²) in [4.78, 5) is 51.4. The minimum atomic E-state index is -1.40. The number of ether oxygens (including phenoxy) is 2. The van der Waals surface area contributed by atoms with Crippen LogP contribution in [0.1, 0.15) is 34.6 Å². The zero-order valence-corrected chi connectivity index (χ0v) is 23.1. The van der Waals surface area contributed by atoms with Gasteiger partial charge in [-0.25, -0.2) is 4.79 Å². The van der Waals surface area contributed by atoms with Gasteiger partial charge in [-0.2, -0.15) is 0 Å². The van der Waals surface area contributed by atoms with Crippen molar-refractivity contribution in [1.82, 2.24) is 5.32 Å². The minimum Gasteiger partial charge on any atom is -0.469 e. The van der Waals surface area contributed by atoms with E-state index in [4.69, 9.17) is 9.47 Å². The molecule has 4 aromatic rings. The number of hydrogen-bond donors (Lipinski definition) is 1. The Morgan fingerprint density at radius 2 is 1.19 bits per heavy atom. The molecule has 2 atom stereocenters. The van der Waals surface area contributed by atoms with Crippen molar-refractivity contribution in [3.8, 4) is 0 Å². The predicted octanol–water partition coefficient (Wildman–Crippen LogP) is 4.93. The van der Waals surface area contributed by atoms with E-state index in [1.54, 1.807) is 0 Å². The topological polar surface area (TPSA) is 125 Å². The SMILES string of the molecule is COC(=O)C[C@H](c1ccc([N+](=O)[O-])cc1)[C@@H](NC(=O)C(c1ccccc1)(c1ccccc1)c1ccccc1)C(=O)OC. The number of benzene rings is 4. The molecule has 0 aliphatic heterocycles. The second-order valence-corrected chi connectivity index (χ2v) is 9.56. The van der Waals surface area contributed by atoms with Crippen molar-refractivity contribution in [3.05, 3.63) is 148 Å². The van der Waals surface area contributed by atoms with Gasteiger partial charge >= 0.3 is 11.9 Å². The number of carbonyl (C=O) groups is 3. The predicted molar refractivity (Wildman–Crippen MR) is 156 cm³/mol. The van der Waals surface area contributed by atoms with Gasteiger partial charge in [0, 0.05) is 18.1 Å². The Morgan fingerprint density at radius 3 is 1.57 bits per heavy atom. The summed E-state index contributed by atoms with van der Waals surface area (Å²) in [6.07, 6.45) is -0.302. The van der Waals surface area contributed by atoms with E-state index in [9.17, 15) is 24.5 Å². The van der Waals surface area contributed by atoms with Crippen molar-refractivity contribution in [1.29, 1.82) is 0 Å². The van der Waals surface area contributed by atoms with Crippen molar-refractivity contribution in [3.63, 3.8) is 0 Å². The Hall–Kier alpha value is -5.31. The van der Waals surface area contributed by atoms with Crippen LogP contribution in [0.2, 0.25) is 0 Å². The molecule has 9 heteroatoms. The molecule has 1 N–H and O–H groups in total. The average Bonchev–Trinajstić information content (AvgIpc) is 3.04. The van der Waals surface area contributed by atoms with E-state index in [0.717, 1.165) is 0 Å². The van der Waals surface area contributed by atoms with Crippen LogP contribution in [0.5, 0.6) is 0 Å². The number of carbonyl (C=O) groups excluding carboxylic acids is 3. The lowest BCUT2D eigenvalue weighted by molar-refractivity contribution is -0.384. The Labute approximate surface area is 243 Å². The number of non-ortho nitro benzene ring substituents is 1. The van der Waals surface area contributed by atoms with Crippen LogP contribution >= 0.6 is 0 Å². The summed E-state index contributed by atoms with van der Waals surface area (Å²) < 4.78 is 10.0. The number of methoxy groups -OCH3 is 2. The van der Waals surface area contributed by atoms with E-state index < -0.39 is 40.1 Å². The van der Waals surface area contributed by atoms with Crippen LogP contribution in [0.15, 0.2) is 115 Å². The van der Waals surface area contributed by atoms with Gasteiger partial charge < -0.3 is 14.8 Å². The van der Waals surface area contributed by atoms with Gasteiger partial charge in [0.2, 0.25) is 5.91 Å². The molecule has 42 heavy (non-hydrogen) atoms. The highest BCUT2D eigenvalue weighted by atomic mass is 16.6. The summed E-state index contributed by atoms with van der Waals surface area (Å²) in [5.41, 5.74) is 0.813. The quantitative estimate of drug-likeness (QED) is 0.118. The van der Waals surface area contributed by atoms with E-state index in [-0.39, 0.29) is 12.1 Å². The molecule has 0 radical (unpaired) electrons. The molecule has 1 amide bonds. The highest BCUT2D eigenvalue weighted by Crippen LogP contribution is 2.40. The lowest BCUT2D eigenvalue weighted by Gasteiger charge is -2.36. The third kappa shape index (κ3) is 6.05. The third-order valence-electron chi connectivity index (χ3n) is 7.25. The molecule has 0 saturated carbocycles. The molecule has 0 heterocycles. The van der Waals surface area contributed by atoms with Gasteiger partial charge in [0.25, 0.3) is 5.69 Å². The van der Waals surface area contributed by atoms with E-state index in [2.05, 4.69) is 5.32 Å². The fourth-order valence-corrected chi connectivity index (χ4v) is 5.19. The second-order valence-electron chi connectivity index (χ2n) is 9.56. The molecule has 9 nitrogen and oxygen atoms in total. The Balaban J connectivity index is 1.90. The molecule has 0 aliphatic rings. The number of nitrogens with zero attached hydrogens (tertiary/aromatic N) is 1. The molecule has 0 bridgehead atoms. The van der Waals surface area contributed by atoms with Gasteiger partial charge in [0.15, 0.2) is 0 Å². The van der Waals surface area contributed by atoms with Gasteiger partial charge in [-0.15, -0.1) is 0 Å². The van der Waals surface area contributed by atoms with Crippen LogP contribution in [0, 0.1) is 10.1 Å². The Morgan fingerprint density at radius 1 is 0.738 bits per heavy atom. The number of nitro benzene ring substituents is 1. The molecular weight excluding hydrogens is 536 g/mol. The van der Waals surface area contributed by atoms with Crippen LogP contribution in [0.3, 0.4) is 0 Å². The van der Waals surface area contributed by atoms with Crippen LogP contribution < -0.4 is 5.32 Å². The first-order valence-electron chi connectivity index (χ1n) is 13.2. The van der Waals surface area contributed by atoms with Gasteiger partial charge in [-0.1, -0.05) is 103 Å². The summed E-state index contributed by atoms with van der Waals surface area (Å²) in [6.45, 7) is 0. The first-order valence-corrected chi connectivity index (χ1v) is 13.2. The van der Waals surface area contributed by atoms with Gasteiger partial charge in [-0.05, 0) is 22.3 Å². The van der Waals surface area contributed by atoms with Crippen molar-refractivity contribution in [2.75, 3.05) is 14.2 Å². The first-order chi connectivity index (χ1) is 20.3. The molecule has 0 unspecified atom stereocenters. The molecule has 0 fully saturated rings. The standard InChI is InChI=1S/C33H30N2O7/c1-41-29(36)22-28(23-18-20-27(21-19-23)35(39)40)30(31(37)42-2)34-32(38)33(24-12-6-3-7-13-24,25-14-8-4-9-15-25)26-16-10-5-11-17-26/h3-21,28,30H,22H2,1-2H3,(H,34,38)/t28-,30-/m1/s1. The molecule has 0 saturated heterocycles. The summed E-state index contributed by atoms with van der Waals surface area (Å²) in [6, 6.07) is 31.7. The summed E-state index contributed by atoms with van der Waals surface area (Å²) in [5.74, 6) is -2.92. The smallest absolute Gasteiger partial charge is 0.329 e. The van der Waals surface area contributed by atoms with E-state index in [0.29, 0.717) is 22.3 Å². The highest BCUT2D eigenvalue weighted by Gasteiger charge is 2.46. The zero-order valence-electron chi connectivity index (χ0n) is 23.1. The summed E-state index contributed by atoms with van der Waals surface area (Å²) in [7, 11) is 2.40. The molecule has 214 valence electrons. The van der Waals surface area contributed by atoms with Crippen LogP contribution in [0.4, 0.5) is 5.69 Å². The average molecular weight is 567 g/mol. The molecule has 0 aromatic heterocycles. The highest BCUT2D eigenvalue weighted by molar-refractivity contribution is 5.98. The number of esters is 2. The molecular formula is C33H30N2O7. The minimum absolute atomic E-state index is 0.162. The Kier molecular flexibility index (Phi) is 9.44. The number of hydrogen-bond acceptors (Lipinski definition) is 7. The first kappa shape index (κ1) is 29.7. The fraction of sp³-hybridized carbons (Fsp3) is 0.182. The molecule has 4 rings (SSSR count). The van der Waals surface area contributed by atoms with Crippen LogP contribution in [0.25, 0.3) is 0 Å².